The highest BCUT2D eigenvalue weighted by molar-refractivity contribution is 7.99. The van der Waals surface area contributed by atoms with Crippen molar-refractivity contribution in [3.63, 3.8) is 0 Å². The predicted molar refractivity (Wildman–Crippen MR) is 115 cm³/mol. The minimum Gasteiger partial charge on any atom is -0.326 e. The molecule has 1 unspecified atom stereocenters. The maximum absolute atomic E-state index is 12.7. The fraction of sp³-hybridized carbons (Fsp3) is 0.421. The summed E-state index contributed by atoms with van der Waals surface area (Å²) in [7, 11) is -3.41. The summed E-state index contributed by atoms with van der Waals surface area (Å²) in [6.45, 7) is 6.26. The quantitative estimate of drug-likeness (QED) is 0.712. The smallest absolute Gasteiger partial charge is 0.254 e. The summed E-state index contributed by atoms with van der Waals surface area (Å²) in [5, 5.41) is 3.43. The van der Waals surface area contributed by atoms with Gasteiger partial charge in [-0.2, -0.15) is 0 Å². The summed E-state index contributed by atoms with van der Waals surface area (Å²) in [6, 6.07) is 8.01. The second kappa shape index (κ2) is 7.83. The predicted octanol–water partition coefficient (Wildman–Crippen LogP) is 2.27. The summed E-state index contributed by atoms with van der Waals surface area (Å²) >= 11 is 1.39. The standard InChI is InChI=1S/C19H24N4O4S2/c1-19(2,3)15-9-16(24)23-10-12(11-28-18(23)21-15)17(25)20-13-6-5-7-14(8-13)22-29(4,26)27/h5-9,12,22H,10-11H2,1-4H3,(H,20,25). The van der Waals surface area contributed by atoms with Crippen molar-refractivity contribution in [1.29, 1.82) is 0 Å². The van der Waals surface area contributed by atoms with E-state index in [-0.39, 0.29) is 23.4 Å². The van der Waals surface area contributed by atoms with Crippen LogP contribution in [-0.2, 0) is 26.8 Å². The largest absolute Gasteiger partial charge is 0.326 e. The van der Waals surface area contributed by atoms with Gasteiger partial charge in [-0.15, -0.1) is 0 Å². The van der Waals surface area contributed by atoms with E-state index < -0.39 is 15.9 Å². The van der Waals surface area contributed by atoms with Crippen molar-refractivity contribution in [2.45, 2.75) is 37.9 Å². The zero-order chi connectivity index (χ0) is 21.4. The Morgan fingerprint density at radius 2 is 1.93 bits per heavy atom. The van der Waals surface area contributed by atoms with Gasteiger partial charge < -0.3 is 5.32 Å². The van der Waals surface area contributed by atoms with Crippen molar-refractivity contribution in [1.82, 2.24) is 9.55 Å². The molecular weight excluding hydrogens is 412 g/mol. The Morgan fingerprint density at radius 3 is 2.59 bits per heavy atom. The normalized spacial score (nSPS) is 16.8. The van der Waals surface area contributed by atoms with E-state index in [1.54, 1.807) is 24.3 Å². The van der Waals surface area contributed by atoms with E-state index >= 15 is 0 Å². The van der Waals surface area contributed by atoms with E-state index in [9.17, 15) is 18.0 Å². The average molecular weight is 437 g/mol. The molecule has 1 aliphatic heterocycles. The molecule has 1 aromatic heterocycles. The number of hydrogen-bond acceptors (Lipinski definition) is 6. The van der Waals surface area contributed by atoms with E-state index in [0.717, 1.165) is 11.9 Å². The Morgan fingerprint density at radius 1 is 1.24 bits per heavy atom. The fourth-order valence-corrected chi connectivity index (χ4v) is 4.52. The molecule has 0 spiro atoms. The Balaban J connectivity index is 1.75. The molecule has 2 N–H and O–H groups in total. The van der Waals surface area contributed by atoms with Crippen molar-refractivity contribution in [3.05, 3.63) is 46.4 Å². The lowest BCUT2D eigenvalue weighted by atomic mass is 9.92. The minimum absolute atomic E-state index is 0.163. The summed E-state index contributed by atoms with van der Waals surface area (Å²) in [4.78, 5) is 29.9. The molecule has 0 aliphatic carbocycles. The number of sulfonamides is 1. The number of anilines is 2. The van der Waals surface area contributed by atoms with E-state index in [4.69, 9.17) is 0 Å². The van der Waals surface area contributed by atoms with E-state index in [1.807, 2.05) is 20.8 Å². The lowest BCUT2D eigenvalue weighted by Gasteiger charge is -2.26. The Bertz CT molecular complexity index is 1100. The molecule has 3 rings (SSSR count). The third-order valence-corrected chi connectivity index (χ3v) is 6.11. The highest BCUT2D eigenvalue weighted by Gasteiger charge is 2.28. The number of fused-ring (bicyclic) bond motifs is 1. The summed E-state index contributed by atoms with van der Waals surface area (Å²) in [6.07, 6.45) is 1.06. The number of carbonyl (C=O) groups excluding carboxylic acids is 1. The molecule has 156 valence electrons. The van der Waals surface area contributed by atoms with Crippen molar-refractivity contribution < 1.29 is 13.2 Å². The molecule has 0 radical (unpaired) electrons. The van der Waals surface area contributed by atoms with Crippen molar-refractivity contribution in [2.75, 3.05) is 22.0 Å². The van der Waals surface area contributed by atoms with Gasteiger partial charge in [-0.25, -0.2) is 13.4 Å². The van der Waals surface area contributed by atoms with E-state index in [2.05, 4.69) is 15.0 Å². The number of nitrogens with zero attached hydrogens (tertiary/aromatic N) is 2. The van der Waals surface area contributed by atoms with Crippen LogP contribution in [0, 0.1) is 5.92 Å². The molecular formula is C19H24N4O4S2. The molecule has 29 heavy (non-hydrogen) atoms. The zero-order valence-electron chi connectivity index (χ0n) is 16.7. The number of thioether (sulfide) groups is 1. The van der Waals surface area contributed by atoms with E-state index in [0.29, 0.717) is 22.3 Å². The third-order valence-electron chi connectivity index (χ3n) is 4.36. The second-order valence-electron chi connectivity index (χ2n) is 8.08. The molecule has 10 heteroatoms. The van der Waals surface area contributed by atoms with Gasteiger partial charge >= 0.3 is 0 Å². The first-order valence-electron chi connectivity index (χ1n) is 9.06. The Labute approximate surface area is 174 Å². The van der Waals surface area contributed by atoms with Gasteiger partial charge in [0.15, 0.2) is 5.16 Å². The van der Waals surface area contributed by atoms with Crippen LogP contribution in [0.1, 0.15) is 26.5 Å². The molecule has 1 atom stereocenters. The molecule has 0 saturated carbocycles. The maximum Gasteiger partial charge on any atom is 0.254 e. The maximum atomic E-state index is 12.7. The number of hydrogen-bond donors (Lipinski definition) is 2. The molecule has 8 nitrogen and oxygen atoms in total. The SMILES string of the molecule is CC(C)(C)c1cc(=O)n2c(n1)SCC(C(=O)Nc1cccc(NS(C)(=O)=O)c1)C2. The number of benzene rings is 1. The molecule has 0 saturated heterocycles. The van der Waals surface area contributed by atoms with Gasteiger partial charge in [-0.05, 0) is 18.2 Å². The van der Waals surface area contributed by atoms with Crippen LogP contribution in [0.4, 0.5) is 11.4 Å². The average Bonchev–Trinajstić information content (AvgIpc) is 2.59. The Kier molecular flexibility index (Phi) is 5.77. The van der Waals surface area contributed by atoms with Crippen LogP contribution >= 0.6 is 11.8 Å². The summed E-state index contributed by atoms with van der Waals surface area (Å²) in [5.41, 5.74) is 1.19. The molecule has 2 aromatic rings. The lowest BCUT2D eigenvalue weighted by molar-refractivity contribution is -0.119. The van der Waals surface area contributed by atoms with Crippen LogP contribution < -0.4 is 15.6 Å². The first-order chi connectivity index (χ1) is 13.4. The van der Waals surface area contributed by atoms with Gasteiger partial charge in [-0.3, -0.25) is 18.9 Å². The van der Waals surface area contributed by atoms with Gasteiger partial charge in [0.2, 0.25) is 15.9 Å². The molecule has 2 heterocycles. The highest BCUT2D eigenvalue weighted by atomic mass is 32.2. The number of rotatable bonds is 4. The van der Waals surface area contributed by atoms with Gasteiger partial charge in [0.25, 0.3) is 5.56 Å². The molecule has 1 aliphatic rings. The van der Waals surface area contributed by atoms with Crippen LogP contribution in [-0.4, -0.2) is 35.9 Å². The Hall–Kier alpha value is -2.33. The van der Waals surface area contributed by atoms with E-state index in [1.165, 1.54) is 22.4 Å². The summed E-state index contributed by atoms with van der Waals surface area (Å²) in [5.74, 6) is -0.127. The van der Waals surface area contributed by atoms with Gasteiger partial charge in [-0.1, -0.05) is 38.6 Å². The van der Waals surface area contributed by atoms with Crippen LogP contribution in [0.25, 0.3) is 0 Å². The van der Waals surface area contributed by atoms with Crippen LogP contribution in [0.3, 0.4) is 0 Å². The first kappa shape index (κ1) is 21.4. The highest BCUT2D eigenvalue weighted by Crippen LogP contribution is 2.28. The molecule has 1 amide bonds. The number of carbonyl (C=O) groups is 1. The van der Waals surface area contributed by atoms with Crippen LogP contribution in [0.5, 0.6) is 0 Å². The van der Waals surface area contributed by atoms with Crippen molar-refractivity contribution in [2.24, 2.45) is 5.92 Å². The van der Waals surface area contributed by atoms with Crippen molar-refractivity contribution >= 4 is 39.1 Å². The van der Waals surface area contributed by atoms with Gasteiger partial charge in [0.1, 0.15) is 0 Å². The van der Waals surface area contributed by atoms with Gasteiger partial charge in [0.05, 0.1) is 23.6 Å². The molecule has 1 aromatic carbocycles. The number of amides is 1. The second-order valence-corrected chi connectivity index (χ2v) is 10.8. The first-order valence-corrected chi connectivity index (χ1v) is 11.9. The zero-order valence-corrected chi connectivity index (χ0v) is 18.4. The summed E-state index contributed by atoms with van der Waals surface area (Å²) < 4.78 is 26.7. The van der Waals surface area contributed by atoms with Gasteiger partial charge in [0, 0.05) is 29.5 Å². The minimum atomic E-state index is -3.41. The van der Waals surface area contributed by atoms with Crippen molar-refractivity contribution in [3.8, 4) is 0 Å². The fourth-order valence-electron chi connectivity index (χ4n) is 2.87. The molecule has 0 fully saturated rings. The number of nitrogens with one attached hydrogen (secondary N) is 2. The van der Waals surface area contributed by atoms with Crippen LogP contribution in [0.15, 0.2) is 40.3 Å². The number of aromatic nitrogens is 2. The van der Waals surface area contributed by atoms with Crippen LogP contribution in [0.2, 0.25) is 0 Å². The molecule has 0 bridgehead atoms. The topological polar surface area (TPSA) is 110 Å². The third kappa shape index (κ3) is 5.39. The lowest BCUT2D eigenvalue weighted by Crippen LogP contribution is -2.37. The monoisotopic (exact) mass is 436 g/mol.